The Morgan fingerprint density at radius 1 is 1.39 bits per heavy atom. The molecule has 0 saturated heterocycles. The zero-order chi connectivity index (χ0) is 13.6. The maximum absolute atomic E-state index is 11.3. The van der Waals surface area contributed by atoms with Gasteiger partial charge in [0, 0.05) is 17.5 Å². The molecule has 0 aromatic carbocycles. The fourth-order valence-corrected chi connectivity index (χ4v) is 1.96. The number of hydrogen-bond donors (Lipinski definition) is 1. The van der Waals surface area contributed by atoms with Crippen molar-refractivity contribution in [2.75, 3.05) is 6.54 Å². The molecule has 0 unspecified atom stereocenters. The van der Waals surface area contributed by atoms with Gasteiger partial charge in [-0.2, -0.15) is 11.3 Å². The second kappa shape index (κ2) is 6.35. The highest BCUT2D eigenvalue weighted by atomic mass is 32.1. The number of alkyl carbamates (subject to hydrolysis) is 1. The van der Waals surface area contributed by atoms with Gasteiger partial charge < -0.3 is 10.1 Å². The maximum Gasteiger partial charge on any atom is 0.407 e. The minimum absolute atomic E-state index is 0.364. The van der Waals surface area contributed by atoms with Gasteiger partial charge in [0.05, 0.1) is 0 Å². The van der Waals surface area contributed by atoms with Gasteiger partial charge in [0.2, 0.25) is 0 Å². The molecule has 5 heteroatoms. The maximum atomic E-state index is 11.3. The van der Waals surface area contributed by atoms with Crippen LogP contribution in [0, 0.1) is 0 Å². The van der Waals surface area contributed by atoms with Crippen LogP contribution in [0.2, 0.25) is 0 Å². The number of nitrogens with one attached hydrogen (secondary N) is 1. The number of carbonyl (C=O) groups excluding carboxylic acids is 2. The van der Waals surface area contributed by atoms with Crippen molar-refractivity contribution in [3.05, 3.63) is 28.0 Å². The fourth-order valence-electron chi connectivity index (χ4n) is 1.19. The van der Waals surface area contributed by atoms with E-state index >= 15 is 0 Å². The van der Waals surface area contributed by atoms with Gasteiger partial charge in [-0.1, -0.05) is 12.2 Å². The molecular formula is C13H17NO3S. The van der Waals surface area contributed by atoms with Crippen LogP contribution in [0.1, 0.15) is 36.7 Å². The first-order valence-corrected chi connectivity index (χ1v) is 6.51. The third kappa shape index (κ3) is 5.14. The normalized spacial score (nSPS) is 11.5. The molecule has 1 heterocycles. The third-order valence-electron chi connectivity index (χ3n) is 1.91. The summed E-state index contributed by atoms with van der Waals surface area (Å²) in [7, 11) is 0. The molecular weight excluding hydrogens is 250 g/mol. The number of amides is 1. The van der Waals surface area contributed by atoms with E-state index in [-0.39, 0.29) is 0 Å². The van der Waals surface area contributed by atoms with Gasteiger partial charge in [-0.05, 0) is 31.7 Å². The van der Waals surface area contributed by atoms with Gasteiger partial charge in [-0.3, -0.25) is 4.79 Å². The van der Waals surface area contributed by atoms with Crippen molar-refractivity contribution in [1.82, 2.24) is 5.32 Å². The lowest BCUT2D eigenvalue weighted by Crippen LogP contribution is -2.32. The van der Waals surface area contributed by atoms with Gasteiger partial charge in [0.25, 0.3) is 0 Å². The number of aldehydes is 1. The average molecular weight is 267 g/mol. The van der Waals surface area contributed by atoms with Crippen LogP contribution in [0.15, 0.2) is 16.8 Å². The summed E-state index contributed by atoms with van der Waals surface area (Å²) in [6.07, 6.45) is 3.95. The summed E-state index contributed by atoms with van der Waals surface area (Å²) in [5.41, 5.74) is 1.03. The summed E-state index contributed by atoms with van der Waals surface area (Å²) in [6, 6.07) is 0. The zero-order valence-corrected chi connectivity index (χ0v) is 11.5. The molecule has 18 heavy (non-hydrogen) atoms. The van der Waals surface area contributed by atoms with E-state index in [0.717, 1.165) is 11.8 Å². The van der Waals surface area contributed by atoms with Crippen LogP contribution in [0.4, 0.5) is 4.79 Å². The second-order valence-corrected chi connectivity index (χ2v) is 5.43. The van der Waals surface area contributed by atoms with Crippen LogP contribution < -0.4 is 5.32 Å². The van der Waals surface area contributed by atoms with Gasteiger partial charge in [-0.15, -0.1) is 0 Å². The first kappa shape index (κ1) is 14.4. The van der Waals surface area contributed by atoms with Gasteiger partial charge in [0.1, 0.15) is 5.60 Å². The molecule has 1 rings (SSSR count). The third-order valence-corrected chi connectivity index (χ3v) is 2.69. The molecule has 0 radical (unpaired) electrons. The van der Waals surface area contributed by atoms with Crippen molar-refractivity contribution in [2.24, 2.45) is 0 Å². The van der Waals surface area contributed by atoms with Crippen LogP contribution in [-0.4, -0.2) is 24.5 Å². The minimum Gasteiger partial charge on any atom is -0.444 e. The van der Waals surface area contributed by atoms with Crippen LogP contribution >= 0.6 is 11.3 Å². The Morgan fingerprint density at radius 2 is 2.06 bits per heavy atom. The van der Waals surface area contributed by atoms with Crippen LogP contribution in [0.25, 0.3) is 6.08 Å². The largest absolute Gasteiger partial charge is 0.444 e. The smallest absolute Gasteiger partial charge is 0.407 e. The molecule has 1 amide bonds. The van der Waals surface area contributed by atoms with Crippen molar-refractivity contribution < 1.29 is 14.3 Å². The average Bonchev–Trinajstić information content (AvgIpc) is 2.69. The van der Waals surface area contributed by atoms with Crippen LogP contribution in [0.5, 0.6) is 0 Å². The second-order valence-electron chi connectivity index (χ2n) is 4.69. The van der Waals surface area contributed by atoms with E-state index in [1.54, 1.807) is 17.5 Å². The van der Waals surface area contributed by atoms with E-state index in [4.69, 9.17) is 4.74 Å². The number of thiophene rings is 1. The summed E-state index contributed by atoms with van der Waals surface area (Å²) in [5, 5.41) is 6.27. The van der Waals surface area contributed by atoms with Crippen molar-refractivity contribution in [3.8, 4) is 0 Å². The summed E-state index contributed by atoms with van der Waals surface area (Å²) < 4.78 is 5.08. The first-order valence-electron chi connectivity index (χ1n) is 5.57. The fraction of sp³-hybridized carbons (Fsp3) is 0.385. The standard InChI is InChI=1S/C13H17NO3S/c1-13(2,3)17-12(16)14-6-4-5-10-8-18-9-11(10)7-15/h4-5,7-9H,6H2,1-3H3,(H,14,16). The van der Waals surface area contributed by atoms with Crippen LogP contribution in [-0.2, 0) is 4.74 Å². The molecule has 0 fully saturated rings. The van der Waals surface area contributed by atoms with Crippen molar-refractivity contribution in [3.63, 3.8) is 0 Å². The molecule has 0 bridgehead atoms. The van der Waals surface area contributed by atoms with Crippen molar-refractivity contribution in [2.45, 2.75) is 26.4 Å². The van der Waals surface area contributed by atoms with E-state index in [9.17, 15) is 9.59 Å². The number of hydrogen-bond acceptors (Lipinski definition) is 4. The first-order chi connectivity index (χ1) is 8.42. The van der Waals surface area contributed by atoms with E-state index in [1.165, 1.54) is 11.3 Å². The molecule has 1 N–H and O–H groups in total. The Labute approximate surface area is 111 Å². The summed E-state index contributed by atoms with van der Waals surface area (Å²) in [4.78, 5) is 22.0. The van der Waals surface area contributed by atoms with E-state index in [1.807, 2.05) is 26.2 Å². The van der Waals surface area contributed by atoms with E-state index < -0.39 is 11.7 Å². The lowest BCUT2D eigenvalue weighted by Gasteiger charge is -2.19. The topological polar surface area (TPSA) is 55.4 Å². The molecule has 0 aliphatic heterocycles. The van der Waals surface area contributed by atoms with E-state index in [0.29, 0.717) is 12.1 Å². The predicted molar refractivity (Wildman–Crippen MR) is 73.0 cm³/mol. The van der Waals surface area contributed by atoms with E-state index in [2.05, 4.69) is 5.32 Å². The molecule has 0 aliphatic rings. The number of rotatable bonds is 4. The van der Waals surface area contributed by atoms with Crippen LogP contribution in [0.3, 0.4) is 0 Å². The Morgan fingerprint density at radius 3 is 2.67 bits per heavy atom. The molecule has 0 aliphatic carbocycles. The highest BCUT2D eigenvalue weighted by molar-refractivity contribution is 7.08. The molecule has 4 nitrogen and oxygen atoms in total. The summed E-state index contributed by atoms with van der Waals surface area (Å²) in [5.74, 6) is 0. The Bertz CT molecular complexity index is 443. The highest BCUT2D eigenvalue weighted by Gasteiger charge is 2.14. The lowest BCUT2D eigenvalue weighted by atomic mass is 10.2. The molecule has 0 spiro atoms. The summed E-state index contributed by atoms with van der Waals surface area (Å²) in [6.45, 7) is 5.79. The molecule has 1 aromatic heterocycles. The summed E-state index contributed by atoms with van der Waals surface area (Å²) >= 11 is 1.47. The minimum atomic E-state index is -0.494. The van der Waals surface area contributed by atoms with Gasteiger partial charge >= 0.3 is 6.09 Å². The molecule has 0 atom stereocenters. The van der Waals surface area contributed by atoms with Gasteiger partial charge in [-0.25, -0.2) is 4.79 Å². The number of carbonyl (C=O) groups is 2. The quantitative estimate of drug-likeness (QED) is 0.853. The molecule has 1 aromatic rings. The van der Waals surface area contributed by atoms with Gasteiger partial charge in [0.15, 0.2) is 6.29 Å². The zero-order valence-electron chi connectivity index (χ0n) is 10.7. The Balaban J connectivity index is 2.38. The van der Waals surface area contributed by atoms with Crippen molar-refractivity contribution >= 4 is 29.8 Å². The predicted octanol–water partition coefficient (Wildman–Crippen LogP) is 3.10. The SMILES string of the molecule is CC(C)(C)OC(=O)NCC=Cc1cscc1C=O. The molecule has 0 saturated carbocycles. The number of ether oxygens (including phenoxy) is 1. The molecule has 98 valence electrons. The lowest BCUT2D eigenvalue weighted by molar-refractivity contribution is 0.0534. The Kier molecular flexibility index (Phi) is 5.09. The highest BCUT2D eigenvalue weighted by Crippen LogP contribution is 2.14. The monoisotopic (exact) mass is 267 g/mol. The van der Waals surface area contributed by atoms with Crippen molar-refractivity contribution in [1.29, 1.82) is 0 Å². The Hall–Kier alpha value is -1.62.